The Bertz CT molecular complexity index is 359. The largest absolute Gasteiger partial charge is 0.370 e. The molecule has 1 fully saturated rings. The van der Waals surface area contributed by atoms with Crippen LogP contribution in [0.2, 0.25) is 0 Å². The summed E-state index contributed by atoms with van der Waals surface area (Å²) in [4.78, 5) is 37.8. The van der Waals surface area contributed by atoms with Crippen molar-refractivity contribution in [1.29, 1.82) is 0 Å². The third-order valence-corrected chi connectivity index (χ3v) is 3.20. The zero-order valence-electron chi connectivity index (χ0n) is 11.3. The maximum atomic E-state index is 12.0. The van der Waals surface area contributed by atoms with E-state index in [0.717, 1.165) is 6.42 Å². The predicted molar refractivity (Wildman–Crippen MR) is 69.9 cm³/mol. The van der Waals surface area contributed by atoms with E-state index in [0.29, 0.717) is 32.6 Å². The molecule has 0 aromatic rings. The lowest BCUT2D eigenvalue weighted by atomic mass is 10.2. The van der Waals surface area contributed by atoms with Gasteiger partial charge in [0.05, 0.1) is 12.5 Å². The lowest BCUT2D eigenvalue weighted by Gasteiger charge is -2.24. The minimum atomic E-state index is -0.883. The van der Waals surface area contributed by atoms with E-state index in [1.54, 1.807) is 9.80 Å². The Morgan fingerprint density at radius 3 is 2.26 bits per heavy atom. The number of carbonyl (C=O) groups is 3. The van der Waals surface area contributed by atoms with Gasteiger partial charge in [0.1, 0.15) is 0 Å². The van der Waals surface area contributed by atoms with Gasteiger partial charge < -0.3 is 21.3 Å². The van der Waals surface area contributed by atoms with Gasteiger partial charge in [0.15, 0.2) is 0 Å². The zero-order valence-corrected chi connectivity index (χ0v) is 11.3. The Kier molecular flexibility index (Phi) is 5.75. The molecule has 1 saturated heterocycles. The van der Waals surface area contributed by atoms with Crippen molar-refractivity contribution in [2.24, 2.45) is 11.5 Å². The lowest BCUT2D eigenvalue weighted by Crippen LogP contribution is -2.47. The van der Waals surface area contributed by atoms with Crippen molar-refractivity contribution in [3.8, 4) is 0 Å². The highest BCUT2D eigenvalue weighted by Crippen LogP contribution is 2.07. The zero-order chi connectivity index (χ0) is 14.4. The molecule has 4 N–H and O–H groups in total. The Morgan fingerprint density at radius 1 is 1.11 bits per heavy atom. The molecule has 1 unspecified atom stereocenters. The Balaban J connectivity index is 2.54. The second kappa shape index (κ2) is 7.08. The molecule has 0 bridgehead atoms. The molecule has 0 saturated carbocycles. The first-order valence-electron chi connectivity index (χ1n) is 6.56. The van der Waals surface area contributed by atoms with Gasteiger partial charge in [-0.15, -0.1) is 0 Å². The number of primary amides is 1. The fourth-order valence-corrected chi connectivity index (χ4v) is 2.15. The molecule has 1 aliphatic rings. The third kappa shape index (κ3) is 4.51. The first-order valence-corrected chi connectivity index (χ1v) is 6.56. The minimum absolute atomic E-state index is 0.0933. The minimum Gasteiger partial charge on any atom is -0.370 e. The molecule has 7 heteroatoms. The maximum Gasteiger partial charge on any atom is 0.240 e. The maximum absolute atomic E-state index is 12.0. The summed E-state index contributed by atoms with van der Waals surface area (Å²) in [5, 5.41) is 0. The summed E-state index contributed by atoms with van der Waals surface area (Å²) >= 11 is 0. The average Bonchev–Trinajstić information content (AvgIpc) is 2.61. The molecule has 0 aromatic heterocycles. The van der Waals surface area contributed by atoms with Crippen LogP contribution in [0.25, 0.3) is 0 Å². The summed E-state index contributed by atoms with van der Waals surface area (Å²) in [6.07, 6.45) is 1.04. The monoisotopic (exact) mass is 270 g/mol. The molecule has 0 aromatic carbocycles. The number of hydrogen-bond acceptors (Lipinski definition) is 4. The Labute approximate surface area is 112 Å². The fraction of sp³-hybridized carbons (Fsp3) is 0.750. The van der Waals surface area contributed by atoms with Gasteiger partial charge in [-0.2, -0.15) is 0 Å². The topological polar surface area (TPSA) is 110 Å². The molecular weight excluding hydrogens is 248 g/mol. The first-order chi connectivity index (χ1) is 8.95. The van der Waals surface area contributed by atoms with Gasteiger partial charge in [0.25, 0.3) is 0 Å². The van der Waals surface area contributed by atoms with Crippen molar-refractivity contribution in [2.75, 3.05) is 26.2 Å². The highest BCUT2D eigenvalue weighted by Gasteiger charge is 2.25. The Hall–Kier alpha value is -1.63. The Morgan fingerprint density at radius 2 is 1.68 bits per heavy atom. The molecule has 1 heterocycles. The predicted octanol–water partition coefficient (Wildman–Crippen LogP) is -1.34. The number of nitrogens with two attached hydrogens (primary N) is 2. The van der Waals surface area contributed by atoms with Gasteiger partial charge in [-0.1, -0.05) is 6.92 Å². The van der Waals surface area contributed by atoms with Gasteiger partial charge in [-0.05, 0) is 6.42 Å². The van der Waals surface area contributed by atoms with E-state index >= 15 is 0 Å². The molecular formula is C12H22N4O3. The normalized spacial score (nSPS) is 17.8. The second-order valence-electron chi connectivity index (χ2n) is 4.69. The smallest absolute Gasteiger partial charge is 0.240 e. The number of amides is 3. The van der Waals surface area contributed by atoms with E-state index in [-0.39, 0.29) is 18.2 Å². The highest BCUT2D eigenvalue weighted by molar-refractivity contribution is 5.87. The molecule has 0 aliphatic carbocycles. The van der Waals surface area contributed by atoms with E-state index in [1.165, 1.54) is 0 Å². The van der Waals surface area contributed by atoms with Gasteiger partial charge >= 0.3 is 0 Å². The van der Waals surface area contributed by atoms with Gasteiger partial charge in [-0.25, -0.2) is 0 Å². The highest BCUT2D eigenvalue weighted by atomic mass is 16.2. The molecule has 1 rings (SSSR count). The quantitative estimate of drug-likeness (QED) is 0.658. The van der Waals surface area contributed by atoms with Crippen molar-refractivity contribution >= 4 is 17.7 Å². The molecule has 108 valence electrons. The van der Waals surface area contributed by atoms with Crippen LogP contribution in [-0.4, -0.2) is 59.7 Å². The van der Waals surface area contributed by atoms with E-state index in [9.17, 15) is 14.4 Å². The molecule has 1 aliphatic heterocycles. The van der Waals surface area contributed by atoms with Crippen LogP contribution in [0.15, 0.2) is 0 Å². The molecule has 1 atom stereocenters. The standard InChI is InChI=1S/C12H22N4O3/c1-2-11(18)15-4-3-5-16(7-6-15)12(19)9(13)8-10(14)17/h9H,2-8,13H2,1H3,(H2,14,17). The number of carbonyl (C=O) groups excluding carboxylic acids is 3. The van der Waals surface area contributed by atoms with Gasteiger partial charge in [-0.3, -0.25) is 14.4 Å². The second-order valence-corrected chi connectivity index (χ2v) is 4.69. The molecule has 3 amide bonds. The third-order valence-electron chi connectivity index (χ3n) is 3.20. The summed E-state index contributed by atoms with van der Waals surface area (Å²) in [7, 11) is 0. The van der Waals surface area contributed by atoms with Crippen LogP contribution in [0.5, 0.6) is 0 Å². The summed E-state index contributed by atoms with van der Waals surface area (Å²) in [5.41, 5.74) is 10.7. The van der Waals surface area contributed by atoms with E-state index in [1.807, 2.05) is 6.92 Å². The molecule has 0 spiro atoms. The molecule has 19 heavy (non-hydrogen) atoms. The van der Waals surface area contributed by atoms with Crippen molar-refractivity contribution in [1.82, 2.24) is 9.80 Å². The van der Waals surface area contributed by atoms with Crippen molar-refractivity contribution in [3.05, 3.63) is 0 Å². The SMILES string of the molecule is CCC(=O)N1CCCN(C(=O)C(N)CC(N)=O)CC1. The first kappa shape index (κ1) is 15.4. The van der Waals surface area contributed by atoms with Crippen LogP contribution < -0.4 is 11.5 Å². The van der Waals surface area contributed by atoms with E-state index in [2.05, 4.69) is 0 Å². The molecule has 0 radical (unpaired) electrons. The summed E-state index contributed by atoms with van der Waals surface area (Å²) in [6, 6.07) is -0.883. The van der Waals surface area contributed by atoms with Crippen LogP contribution in [-0.2, 0) is 14.4 Å². The van der Waals surface area contributed by atoms with Crippen molar-refractivity contribution in [3.63, 3.8) is 0 Å². The molecule has 7 nitrogen and oxygen atoms in total. The lowest BCUT2D eigenvalue weighted by molar-refractivity contribution is -0.135. The van der Waals surface area contributed by atoms with E-state index in [4.69, 9.17) is 11.5 Å². The van der Waals surface area contributed by atoms with E-state index < -0.39 is 11.9 Å². The summed E-state index contributed by atoms with van der Waals surface area (Å²) < 4.78 is 0. The van der Waals surface area contributed by atoms with Crippen LogP contribution in [0.3, 0.4) is 0 Å². The van der Waals surface area contributed by atoms with Crippen LogP contribution in [0.4, 0.5) is 0 Å². The van der Waals surface area contributed by atoms with Crippen LogP contribution >= 0.6 is 0 Å². The summed E-state index contributed by atoms with van der Waals surface area (Å²) in [5.74, 6) is -0.765. The van der Waals surface area contributed by atoms with Crippen molar-refractivity contribution in [2.45, 2.75) is 32.2 Å². The number of nitrogens with zero attached hydrogens (tertiary/aromatic N) is 2. The summed E-state index contributed by atoms with van der Waals surface area (Å²) in [6.45, 7) is 4.00. The van der Waals surface area contributed by atoms with Gasteiger partial charge in [0, 0.05) is 32.6 Å². The average molecular weight is 270 g/mol. The number of rotatable bonds is 4. The van der Waals surface area contributed by atoms with Gasteiger partial charge in [0.2, 0.25) is 17.7 Å². The van der Waals surface area contributed by atoms with Crippen LogP contribution in [0, 0.1) is 0 Å². The fourth-order valence-electron chi connectivity index (χ4n) is 2.15. The number of hydrogen-bond donors (Lipinski definition) is 2. The van der Waals surface area contributed by atoms with Crippen molar-refractivity contribution < 1.29 is 14.4 Å². The van der Waals surface area contributed by atoms with Crippen LogP contribution in [0.1, 0.15) is 26.2 Å².